The summed E-state index contributed by atoms with van der Waals surface area (Å²) in [6.07, 6.45) is 0. The molecule has 144 valence electrons. The van der Waals surface area contributed by atoms with Crippen molar-refractivity contribution in [2.24, 2.45) is 0 Å². The molecule has 0 aliphatic carbocycles. The highest BCUT2D eigenvalue weighted by Crippen LogP contribution is 2.37. The molecule has 6 heteroatoms. The number of carbonyl (C=O) groups excluding carboxylic acids is 1. The molecule has 28 heavy (non-hydrogen) atoms. The van der Waals surface area contributed by atoms with Gasteiger partial charge < -0.3 is 19.8 Å². The standard InChI is InChI=1S/C22H21BrN2O3/c1-11-7-5-9-14-16(11)18(23)19(24-14)21(26)25-15-10-6-8-13-17(22(3,4)27)12(2)28-20(13)15/h5-10,24,27H,1-4H3,(H,25,26). The van der Waals surface area contributed by atoms with Crippen LogP contribution in [-0.2, 0) is 5.60 Å². The van der Waals surface area contributed by atoms with Crippen LogP contribution in [-0.4, -0.2) is 16.0 Å². The molecule has 4 aromatic rings. The molecule has 0 saturated carbocycles. The second-order valence-electron chi connectivity index (χ2n) is 7.54. The van der Waals surface area contributed by atoms with E-state index in [4.69, 9.17) is 4.42 Å². The number of para-hydroxylation sites is 1. The van der Waals surface area contributed by atoms with E-state index in [2.05, 4.69) is 26.2 Å². The Morgan fingerprint density at radius 3 is 2.57 bits per heavy atom. The molecular formula is C22H21BrN2O3. The molecule has 0 atom stereocenters. The molecule has 0 bridgehead atoms. The Bertz CT molecular complexity index is 1230. The number of halogens is 1. The molecule has 2 aromatic carbocycles. The van der Waals surface area contributed by atoms with Crippen molar-refractivity contribution in [1.29, 1.82) is 0 Å². The van der Waals surface area contributed by atoms with Gasteiger partial charge in [0.15, 0.2) is 5.58 Å². The number of fused-ring (bicyclic) bond motifs is 2. The first-order valence-electron chi connectivity index (χ1n) is 9.01. The van der Waals surface area contributed by atoms with Crippen LogP contribution in [0.25, 0.3) is 21.9 Å². The Hall–Kier alpha value is -2.57. The number of amides is 1. The van der Waals surface area contributed by atoms with Gasteiger partial charge >= 0.3 is 0 Å². The van der Waals surface area contributed by atoms with E-state index in [1.165, 1.54) is 0 Å². The average molecular weight is 441 g/mol. The van der Waals surface area contributed by atoms with Gasteiger partial charge in [0, 0.05) is 21.9 Å². The lowest BCUT2D eigenvalue weighted by molar-refractivity contribution is 0.0783. The molecular weight excluding hydrogens is 420 g/mol. The second-order valence-corrected chi connectivity index (χ2v) is 8.33. The van der Waals surface area contributed by atoms with Crippen molar-refractivity contribution in [2.45, 2.75) is 33.3 Å². The van der Waals surface area contributed by atoms with E-state index >= 15 is 0 Å². The van der Waals surface area contributed by atoms with E-state index in [0.29, 0.717) is 22.7 Å². The van der Waals surface area contributed by atoms with E-state index in [0.717, 1.165) is 31.9 Å². The molecule has 0 radical (unpaired) electrons. The minimum absolute atomic E-state index is 0.270. The summed E-state index contributed by atoms with van der Waals surface area (Å²) >= 11 is 3.56. The van der Waals surface area contributed by atoms with Gasteiger partial charge in [0.1, 0.15) is 11.5 Å². The largest absolute Gasteiger partial charge is 0.459 e. The van der Waals surface area contributed by atoms with Crippen LogP contribution in [0.4, 0.5) is 5.69 Å². The summed E-state index contributed by atoms with van der Waals surface area (Å²) in [6, 6.07) is 11.4. The van der Waals surface area contributed by atoms with E-state index in [9.17, 15) is 9.90 Å². The van der Waals surface area contributed by atoms with Gasteiger partial charge in [-0.15, -0.1) is 0 Å². The van der Waals surface area contributed by atoms with Crippen molar-refractivity contribution in [3.05, 3.63) is 63.5 Å². The molecule has 0 spiro atoms. The number of anilines is 1. The number of furan rings is 1. The lowest BCUT2D eigenvalue weighted by Crippen LogP contribution is -2.16. The fraction of sp³-hybridized carbons (Fsp3) is 0.227. The Balaban J connectivity index is 1.78. The predicted octanol–water partition coefficient (Wildman–Crippen LogP) is 5.77. The molecule has 5 nitrogen and oxygen atoms in total. The molecule has 4 rings (SSSR count). The number of nitrogens with one attached hydrogen (secondary N) is 2. The molecule has 1 amide bonds. The zero-order chi connectivity index (χ0) is 20.2. The van der Waals surface area contributed by atoms with E-state index in [1.54, 1.807) is 19.9 Å². The van der Waals surface area contributed by atoms with Crippen LogP contribution in [0.15, 0.2) is 45.3 Å². The van der Waals surface area contributed by atoms with E-state index in [-0.39, 0.29) is 5.91 Å². The van der Waals surface area contributed by atoms with Crippen molar-refractivity contribution in [3.8, 4) is 0 Å². The highest BCUT2D eigenvalue weighted by Gasteiger charge is 2.27. The zero-order valence-corrected chi connectivity index (χ0v) is 17.7. The van der Waals surface area contributed by atoms with Gasteiger partial charge in [0.05, 0.1) is 15.8 Å². The van der Waals surface area contributed by atoms with Crippen LogP contribution in [0.5, 0.6) is 0 Å². The Labute approximate surface area is 170 Å². The van der Waals surface area contributed by atoms with Crippen LogP contribution in [0.2, 0.25) is 0 Å². The number of rotatable bonds is 3. The smallest absolute Gasteiger partial charge is 0.273 e. The topological polar surface area (TPSA) is 78.3 Å². The molecule has 2 aromatic heterocycles. The normalized spacial score (nSPS) is 12.1. The van der Waals surface area contributed by atoms with Gasteiger partial charge in [-0.25, -0.2) is 0 Å². The minimum atomic E-state index is -1.05. The third-order valence-corrected chi connectivity index (χ3v) is 5.74. The number of benzene rings is 2. The maximum Gasteiger partial charge on any atom is 0.273 e. The highest BCUT2D eigenvalue weighted by atomic mass is 79.9. The van der Waals surface area contributed by atoms with Gasteiger partial charge in [-0.05, 0) is 61.3 Å². The number of carbonyl (C=O) groups is 1. The molecule has 0 aliphatic rings. The zero-order valence-electron chi connectivity index (χ0n) is 16.1. The molecule has 2 heterocycles. The number of aromatic nitrogens is 1. The Morgan fingerprint density at radius 1 is 1.18 bits per heavy atom. The summed E-state index contributed by atoms with van der Waals surface area (Å²) in [5.41, 5.74) is 3.22. The van der Waals surface area contributed by atoms with Crippen molar-refractivity contribution in [3.63, 3.8) is 0 Å². The summed E-state index contributed by atoms with van der Waals surface area (Å²) in [4.78, 5) is 16.2. The van der Waals surface area contributed by atoms with Gasteiger partial charge in [-0.3, -0.25) is 4.79 Å². The first-order chi connectivity index (χ1) is 13.2. The van der Waals surface area contributed by atoms with Crippen molar-refractivity contribution >= 4 is 49.4 Å². The maximum atomic E-state index is 13.0. The lowest BCUT2D eigenvalue weighted by Gasteiger charge is -2.16. The lowest BCUT2D eigenvalue weighted by atomic mass is 9.95. The summed E-state index contributed by atoms with van der Waals surface area (Å²) < 4.78 is 6.64. The number of hydrogen-bond donors (Lipinski definition) is 3. The Kier molecular flexibility index (Phi) is 4.36. The quantitative estimate of drug-likeness (QED) is 0.378. The molecule has 0 saturated heterocycles. The van der Waals surface area contributed by atoms with Crippen molar-refractivity contribution in [2.75, 3.05) is 5.32 Å². The first kappa shape index (κ1) is 18.8. The van der Waals surface area contributed by atoms with Gasteiger partial charge in [-0.2, -0.15) is 0 Å². The number of aryl methyl sites for hydroxylation is 2. The fourth-order valence-corrected chi connectivity index (χ4v) is 4.62. The second kappa shape index (κ2) is 6.50. The van der Waals surface area contributed by atoms with Crippen LogP contribution in [0.1, 0.15) is 41.2 Å². The number of aromatic amines is 1. The van der Waals surface area contributed by atoms with Crippen molar-refractivity contribution < 1.29 is 14.3 Å². The highest BCUT2D eigenvalue weighted by molar-refractivity contribution is 9.10. The molecule has 3 N–H and O–H groups in total. The fourth-order valence-electron chi connectivity index (χ4n) is 3.82. The molecule has 0 fully saturated rings. The Morgan fingerprint density at radius 2 is 1.89 bits per heavy atom. The SMILES string of the molecule is Cc1oc2c(NC(=O)c3[nH]c4cccc(C)c4c3Br)cccc2c1C(C)(C)O. The van der Waals surface area contributed by atoms with Crippen LogP contribution in [0.3, 0.4) is 0 Å². The number of H-pyrrole nitrogens is 1. The molecule has 0 aliphatic heterocycles. The summed E-state index contributed by atoms with van der Waals surface area (Å²) in [7, 11) is 0. The predicted molar refractivity (Wildman–Crippen MR) is 115 cm³/mol. The number of aliphatic hydroxyl groups is 1. The maximum absolute atomic E-state index is 13.0. The number of hydrogen-bond acceptors (Lipinski definition) is 3. The van der Waals surface area contributed by atoms with E-state index < -0.39 is 5.60 Å². The van der Waals surface area contributed by atoms with Gasteiger partial charge in [-0.1, -0.05) is 24.3 Å². The van der Waals surface area contributed by atoms with Crippen LogP contribution >= 0.6 is 15.9 Å². The van der Waals surface area contributed by atoms with Crippen LogP contribution in [0, 0.1) is 13.8 Å². The summed E-state index contributed by atoms with van der Waals surface area (Å²) in [5.74, 6) is 0.362. The third kappa shape index (κ3) is 2.93. The summed E-state index contributed by atoms with van der Waals surface area (Å²) in [6.45, 7) is 7.27. The monoisotopic (exact) mass is 440 g/mol. The molecule has 0 unspecified atom stereocenters. The van der Waals surface area contributed by atoms with Crippen molar-refractivity contribution in [1.82, 2.24) is 4.98 Å². The average Bonchev–Trinajstić information content (AvgIpc) is 3.13. The first-order valence-corrected chi connectivity index (χ1v) is 9.81. The van der Waals surface area contributed by atoms with E-state index in [1.807, 2.05) is 44.2 Å². The van der Waals surface area contributed by atoms with Gasteiger partial charge in [0.25, 0.3) is 5.91 Å². The summed E-state index contributed by atoms with van der Waals surface area (Å²) in [5, 5.41) is 15.2. The van der Waals surface area contributed by atoms with Crippen LogP contribution < -0.4 is 5.32 Å². The minimum Gasteiger partial charge on any atom is -0.459 e. The van der Waals surface area contributed by atoms with Gasteiger partial charge in [0.2, 0.25) is 0 Å². The third-order valence-electron chi connectivity index (χ3n) is 4.95.